The Morgan fingerprint density at radius 1 is 1.15 bits per heavy atom. The van der Waals surface area contributed by atoms with E-state index in [0.717, 1.165) is 37.5 Å². The van der Waals surface area contributed by atoms with Crippen LogP contribution in [0, 0.1) is 11.3 Å². The van der Waals surface area contributed by atoms with Gasteiger partial charge in [0.25, 0.3) is 5.91 Å². The number of carbonyl (C=O) groups is 1. The first-order valence-electron chi connectivity index (χ1n) is 11.4. The molecule has 1 fully saturated rings. The summed E-state index contributed by atoms with van der Waals surface area (Å²) in [4.78, 5) is 16.6. The van der Waals surface area contributed by atoms with E-state index in [0.29, 0.717) is 28.2 Å². The Bertz CT molecular complexity index is 1110. The minimum Gasteiger partial charge on any atom is -0.398 e. The van der Waals surface area contributed by atoms with E-state index in [1.807, 2.05) is 6.08 Å². The number of nitrogen functional groups attached to an aromatic ring is 1. The van der Waals surface area contributed by atoms with Crippen LogP contribution in [-0.4, -0.2) is 35.6 Å². The highest BCUT2D eigenvalue weighted by molar-refractivity contribution is 6.08. The van der Waals surface area contributed by atoms with E-state index < -0.39 is 11.9 Å². The van der Waals surface area contributed by atoms with E-state index >= 15 is 0 Å². The highest BCUT2D eigenvalue weighted by atomic mass is 19.4. The third-order valence-corrected chi connectivity index (χ3v) is 6.55. The maximum atomic E-state index is 13.0. The van der Waals surface area contributed by atoms with Gasteiger partial charge in [-0.05, 0) is 57.2 Å². The number of allylic oxidation sites excluding steroid dienone is 6. The second-order valence-electron chi connectivity index (χ2n) is 8.95. The first-order valence-corrected chi connectivity index (χ1v) is 11.4. The summed E-state index contributed by atoms with van der Waals surface area (Å²) in [6, 6.07) is 5.30. The number of benzene rings is 1. The zero-order valence-corrected chi connectivity index (χ0v) is 18.9. The van der Waals surface area contributed by atoms with Gasteiger partial charge in [0.1, 0.15) is 5.70 Å². The normalized spacial score (nSPS) is 24.4. The minimum atomic E-state index is -4.44. The van der Waals surface area contributed by atoms with Gasteiger partial charge in [0.2, 0.25) is 0 Å². The van der Waals surface area contributed by atoms with Crippen molar-refractivity contribution in [2.24, 2.45) is 10.9 Å². The summed E-state index contributed by atoms with van der Waals surface area (Å²) in [6.45, 7) is 1.63. The number of nitrogens with two attached hydrogens (primary N) is 1. The minimum absolute atomic E-state index is 0.0130. The number of carbonyl (C=O) groups excluding carboxylic acids is 1. The van der Waals surface area contributed by atoms with Gasteiger partial charge >= 0.3 is 6.18 Å². The average Bonchev–Trinajstić information content (AvgIpc) is 2.79. The van der Waals surface area contributed by atoms with Crippen molar-refractivity contribution in [2.75, 3.05) is 5.73 Å². The smallest absolute Gasteiger partial charge is 0.398 e. The van der Waals surface area contributed by atoms with Crippen LogP contribution in [0.1, 0.15) is 54.9 Å². The molecule has 1 amide bonds. The number of alkyl halides is 3. The van der Waals surface area contributed by atoms with Gasteiger partial charge < -0.3 is 21.8 Å². The predicted octanol–water partition coefficient (Wildman–Crippen LogP) is 4.65. The molecule has 4 rings (SSSR count). The third kappa shape index (κ3) is 5.08. The fourth-order valence-electron chi connectivity index (χ4n) is 4.72. The Morgan fingerprint density at radius 2 is 1.82 bits per heavy atom. The van der Waals surface area contributed by atoms with Crippen molar-refractivity contribution in [3.05, 3.63) is 65.0 Å². The Hall–Kier alpha value is -3.36. The number of hydrogen-bond acceptors (Lipinski definition) is 5. The molecule has 1 unspecified atom stereocenters. The van der Waals surface area contributed by atoms with Gasteiger partial charge in [0, 0.05) is 35.0 Å². The molecular weight excluding hydrogens is 443 g/mol. The summed E-state index contributed by atoms with van der Waals surface area (Å²) in [7, 11) is 0. The van der Waals surface area contributed by atoms with Crippen molar-refractivity contribution in [1.82, 2.24) is 10.6 Å². The van der Waals surface area contributed by atoms with Crippen molar-refractivity contribution in [3.8, 4) is 0 Å². The van der Waals surface area contributed by atoms with Crippen molar-refractivity contribution in [3.63, 3.8) is 0 Å². The monoisotopic (exact) mass is 471 g/mol. The van der Waals surface area contributed by atoms with Crippen LogP contribution in [0.25, 0.3) is 0 Å². The lowest BCUT2D eigenvalue weighted by Gasteiger charge is -2.34. The number of amides is 1. The van der Waals surface area contributed by atoms with Crippen LogP contribution in [-0.2, 0) is 0 Å². The summed E-state index contributed by atoms with van der Waals surface area (Å²) in [5.41, 5.74) is 8.14. The molecule has 0 saturated heterocycles. The molecule has 0 aromatic heterocycles. The van der Waals surface area contributed by atoms with Crippen LogP contribution in [0.5, 0.6) is 0 Å². The zero-order valence-electron chi connectivity index (χ0n) is 18.9. The molecule has 6 nitrogen and oxygen atoms in total. The quantitative estimate of drug-likeness (QED) is 0.371. The van der Waals surface area contributed by atoms with Crippen molar-refractivity contribution in [1.29, 1.82) is 5.41 Å². The van der Waals surface area contributed by atoms with E-state index in [4.69, 9.17) is 11.1 Å². The second-order valence-corrected chi connectivity index (χ2v) is 8.95. The third-order valence-electron chi connectivity index (χ3n) is 6.55. The molecular formula is C25H28F3N5O. The van der Waals surface area contributed by atoms with Crippen LogP contribution in [0.4, 0.5) is 18.9 Å². The van der Waals surface area contributed by atoms with Crippen molar-refractivity contribution < 1.29 is 18.0 Å². The number of hydrogen-bond donors (Lipinski definition) is 4. The SMILES string of the molecule is CC(=N)c1cccc(C(=O)NC2CCC(NC3=CC=CC4=NC(C(F)(F)F)=CCC34)CC2)c1N. The van der Waals surface area contributed by atoms with E-state index in [-0.39, 0.29) is 30.3 Å². The molecule has 1 aromatic rings. The van der Waals surface area contributed by atoms with Crippen molar-refractivity contribution >= 4 is 23.0 Å². The maximum Gasteiger partial charge on any atom is 0.433 e. The maximum absolute atomic E-state index is 13.0. The number of fused-ring (bicyclic) bond motifs is 1. The van der Waals surface area contributed by atoms with Crippen LogP contribution in [0.15, 0.2) is 58.9 Å². The fourth-order valence-corrected chi connectivity index (χ4v) is 4.72. The molecule has 1 aliphatic heterocycles. The Labute approximate surface area is 196 Å². The molecule has 0 spiro atoms. The summed E-state index contributed by atoms with van der Waals surface area (Å²) >= 11 is 0. The van der Waals surface area contributed by atoms with Crippen LogP contribution < -0.4 is 16.4 Å². The number of nitrogens with zero attached hydrogens (tertiary/aromatic N) is 1. The largest absolute Gasteiger partial charge is 0.433 e. The molecule has 0 radical (unpaired) electrons. The van der Waals surface area contributed by atoms with Crippen LogP contribution in [0.3, 0.4) is 0 Å². The number of para-hydroxylation sites is 1. The van der Waals surface area contributed by atoms with E-state index in [9.17, 15) is 18.0 Å². The topological polar surface area (TPSA) is 103 Å². The van der Waals surface area contributed by atoms with E-state index in [2.05, 4.69) is 15.6 Å². The fraction of sp³-hybridized carbons (Fsp3) is 0.400. The summed E-state index contributed by atoms with van der Waals surface area (Å²) < 4.78 is 39.0. The molecule has 2 aliphatic carbocycles. The molecule has 1 saturated carbocycles. The van der Waals surface area contributed by atoms with Crippen molar-refractivity contribution in [2.45, 2.75) is 57.3 Å². The van der Waals surface area contributed by atoms with Gasteiger partial charge in [0.15, 0.2) is 0 Å². The molecule has 1 heterocycles. The second kappa shape index (κ2) is 9.48. The lowest BCUT2D eigenvalue weighted by Crippen LogP contribution is -2.43. The number of aliphatic imine (C=N–C) groups is 1. The molecule has 180 valence electrons. The van der Waals surface area contributed by atoms with Gasteiger partial charge in [-0.2, -0.15) is 13.2 Å². The van der Waals surface area contributed by atoms with Crippen LogP contribution in [0.2, 0.25) is 0 Å². The standard InChI is InChI=1S/C25H28F3N5O/c1-14(29)17-4-2-5-19(23(17)30)24(34)32-16-10-8-15(9-11-16)31-20-6-3-7-21-18(20)12-13-22(33-21)25(26,27)28/h2-7,13,15-16,18,29,31H,8-12,30H2,1H3,(H,32,34). The molecule has 34 heavy (non-hydrogen) atoms. The van der Waals surface area contributed by atoms with E-state index in [1.54, 1.807) is 37.3 Å². The number of halogens is 3. The summed E-state index contributed by atoms with van der Waals surface area (Å²) in [5.74, 6) is -0.437. The number of nitrogens with one attached hydrogen (secondary N) is 3. The van der Waals surface area contributed by atoms with Gasteiger partial charge in [-0.3, -0.25) is 4.79 Å². The number of rotatable bonds is 5. The van der Waals surface area contributed by atoms with Gasteiger partial charge in [0.05, 0.1) is 17.0 Å². The molecule has 1 aromatic carbocycles. The Morgan fingerprint density at radius 3 is 2.50 bits per heavy atom. The Kier molecular flexibility index (Phi) is 6.63. The number of anilines is 1. The summed E-state index contributed by atoms with van der Waals surface area (Å²) in [6.07, 6.45) is 5.47. The molecule has 9 heteroatoms. The van der Waals surface area contributed by atoms with Gasteiger partial charge in [-0.25, -0.2) is 4.99 Å². The lowest BCUT2D eigenvalue weighted by atomic mass is 9.86. The van der Waals surface area contributed by atoms with Gasteiger partial charge in [-0.1, -0.05) is 24.3 Å². The highest BCUT2D eigenvalue weighted by Crippen LogP contribution is 2.35. The summed E-state index contributed by atoms with van der Waals surface area (Å²) in [5, 5.41) is 14.4. The van der Waals surface area contributed by atoms with Gasteiger partial charge in [-0.15, -0.1) is 0 Å². The molecule has 1 atom stereocenters. The first-order chi connectivity index (χ1) is 16.1. The lowest BCUT2D eigenvalue weighted by molar-refractivity contribution is -0.0928. The predicted molar refractivity (Wildman–Crippen MR) is 127 cm³/mol. The van der Waals surface area contributed by atoms with Crippen LogP contribution >= 0.6 is 0 Å². The molecule has 3 aliphatic rings. The first kappa shape index (κ1) is 23.8. The Balaban J connectivity index is 1.32. The molecule has 5 N–H and O–H groups in total. The van der Waals surface area contributed by atoms with E-state index in [1.165, 1.54) is 0 Å². The highest BCUT2D eigenvalue weighted by Gasteiger charge is 2.37. The average molecular weight is 472 g/mol. The zero-order chi connectivity index (χ0) is 24.5. The molecule has 0 bridgehead atoms.